The van der Waals surface area contributed by atoms with Crippen LogP contribution >= 0.6 is 0 Å². The minimum absolute atomic E-state index is 0.0848. The molecule has 0 saturated heterocycles. The summed E-state index contributed by atoms with van der Waals surface area (Å²) in [5, 5.41) is 21.6. The first-order valence-corrected chi connectivity index (χ1v) is 7.62. The molecule has 0 heterocycles. The molecule has 0 aliphatic carbocycles. The number of nitro benzene ring substituents is 2. The number of hydrogen-bond donors (Lipinski definition) is 0. The van der Waals surface area contributed by atoms with Gasteiger partial charge >= 0.3 is 5.69 Å². The van der Waals surface area contributed by atoms with E-state index < -0.39 is 9.85 Å². The summed E-state index contributed by atoms with van der Waals surface area (Å²) in [6.07, 6.45) is 7.88. The van der Waals surface area contributed by atoms with Gasteiger partial charge in [0.25, 0.3) is 5.69 Å². The number of hydrogen-bond acceptors (Lipinski definition) is 5. The fourth-order valence-electron chi connectivity index (χ4n) is 2.13. The summed E-state index contributed by atoms with van der Waals surface area (Å²) in [7, 11) is 0. The Kier molecular flexibility index (Phi) is 7.88. The van der Waals surface area contributed by atoms with Gasteiger partial charge in [0.15, 0.2) is 5.75 Å². The van der Waals surface area contributed by atoms with Crippen LogP contribution < -0.4 is 4.74 Å². The molecule has 0 unspecified atom stereocenters. The van der Waals surface area contributed by atoms with Crippen molar-refractivity contribution in [1.82, 2.24) is 0 Å². The van der Waals surface area contributed by atoms with E-state index in [0.717, 1.165) is 25.3 Å². The number of nitrogens with zero attached hydrogens (tertiary/aromatic N) is 2. The van der Waals surface area contributed by atoms with Gasteiger partial charge in [0, 0.05) is 6.07 Å². The average Bonchev–Trinajstić information content (AvgIpc) is 2.49. The van der Waals surface area contributed by atoms with Crippen LogP contribution in [0.2, 0.25) is 0 Å². The molecule has 1 rings (SSSR count). The number of nitro groups is 2. The molecule has 0 bridgehead atoms. The maximum atomic E-state index is 10.9. The summed E-state index contributed by atoms with van der Waals surface area (Å²) < 4.78 is 5.40. The molecule has 0 amide bonds. The highest BCUT2D eigenvalue weighted by atomic mass is 16.6. The number of unbranched alkanes of at least 4 members (excludes halogenated alkanes) is 6. The minimum atomic E-state index is -0.660. The van der Waals surface area contributed by atoms with E-state index in [1.54, 1.807) is 0 Å². The van der Waals surface area contributed by atoms with Gasteiger partial charge in [-0.1, -0.05) is 45.4 Å². The molecule has 0 aliphatic rings. The molecule has 0 radical (unpaired) electrons. The normalized spacial score (nSPS) is 10.4. The highest BCUT2D eigenvalue weighted by molar-refractivity contribution is 5.53. The lowest BCUT2D eigenvalue weighted by molar-refractivity contribution is -0.394. The molecule has 22 heavy (non-hydrogen) atoms. The Hall–Kier alpha value is -2.18. The Labute approximate surface area is 129 Å². The number of ether oxygens (including phenoxy) is 1. The van der Waals surface area contributed by atoms with Crippen molar-refractivity contribution in [2.24, 2.45) is 0 Å². The van der Waals surface area contributed by atoms with Crippen LogP contribution in [0.3, 0.4) is 0 Å². The lowest BCUT2D eigenvalue weighted by atomic mass is 10.1. The van der Waals surface area contributed by atoms with Crippen LogP contribution in [0.4, 0.5) is 11.4 Å². The van der Waals surface area contributed by atoms with Gasteiger partial charge in [0.05, 0.1) is 22.5 Å². The zero-order chi connectivity index (χ0) is 16.4. The average molecular weight is 310 g/mol. The van der Waals surface area contributed by atoms with Gasteiger partial charge in [0.2, 0.25) is 0 Å². The van der Waals surface area contributed by atoms with Crippen molar-refractivity contribution in [3.8, 4) is 5.75 Å². The Balaban J connectivity index is 2.42. The molecule has 0 saturated carbocycles. The first-order valence-electron chi connectivity index (χ1n) is 7.62. The molecular formula is C15H22N2O5. The van der Waals surface area contributed by atoms with Crippen molar-refractivity contribution in [2.75, 3.05) is 6.61 Å². The lowest BCUT2D eigenvalue weighted by Gasteiger charge is -2.06. The molecule has 0 aliphatic heterocycles. The summed E-state index contributed by atoms with van der Waals surface area (Å²) in [6, 6.07) is 3.44. The van der Waals surface area contributed by atoms with E-state index in [4.69, 9.17) is 4.74 Å². The molecule has 1 aromatic carbocycles. The zero-order valence-corrected chi connectivity index (χ0v) is 12.8. The second-order valence-electron chi connectivity index (χ2n) is 5.14. The van der Waals surface area contributed by atoms with Crippen molar-refractivity contribution < 1.29 is 14.6 Å². The number of non-ortho nitro benzene ring substituents is 1. The third-order valence-corrected chi connectivity index (χ3v) is 3.36. The molecular weight excluding hydrogens is 288 g/mol. The van der Waals surface area contributed by atoms with Gasteiger partial charge < -0.3 is 4.74 Å². The molecule has 0 aromatic heterocycles. The van der Waals surface area contributed by atoms with E-state index >= 15 is 0 Å². The SMILES string of the molecule is CCCCCCCCCOc1ccc([N+](=O)[O-])cc1[N+](=O)[O-]. The van der Waals surface area contributed by atoms with Crippen molar-refractivity contribution in [3.63, 3.8) is 0 Å². The maximum absolute atomic E-state index is 10.9. The van der Waals surface area contributed by atoms with Crippen LogP contribution in [0, 0.1) is 20.2 Å². The fraction of sp³-hybridized carbons (Fsp3) is 0.600. The molecule has 0 fully saturated rings. The fourth-order valence-corrected chi connectivity index (χ4v) is 2.13. The monoisotopic (exact) mass is 310 g/mol. The third-order valence-electron chi connectivity index (χ3n) is 3.36. The van der Waals surface area contributed by atoms with Crippen molar-refractivity contribution >= 4 is 11.4 Å². The molecule has 0 N–H and O–H groups in total. The Bertz CT molecular complexity index is 505. The van der Waals surface area contributed by atoms with Gasteiger partial charge in [-0.2, -0.15) is 0 Å². The second-order valence-corrected chi connectivity index (χ2v) is 5.14. The van der Waals surface area contributed by atoms with Crippen molar-refractivity contribution in [1.29, 1.82) is 0 Å². The largest absolute Gasteiger partial charge is 0.487 e. The zero-order valence-electron chi connectivity index (χ0n) is 12.8. The minimum Gasteiger partial charge on any atom is -0.487 e. The van der Waals surface area contributed by atoms with E-state index in [2.05, 4.69) is 6.92 Å². The van der Waals surface area contributed by atoms with Crippen LogP contribution in [-0.4, -0.2) is 16.5 Å². The third kappa shape index (κ3) is 6.07. The second kappa shape index (κ2) is 9.70. The van der Waals surface area contributed by atoms with Crippen LogP contribution in [0.1, 0.15) is 51.9 Å². The van der Waals surface area contributed by atoms with Crippen LogP contribution in [-0.2, 0) is 0 Å². The Morgan fingerprint density at radius 3 is 2.18 bits per heavy atom. The summed E-state index contributed by atoms with van der Waals surface area (Å²) in [4.78, 5) is 20.3. The number of benzene rings is 1. The maximum Gasteiger partial charge on any atom is 0.317 e. The van der Waals surface area contributed by atoms with Crippen molar-refractivity contribution in [3.05, 3.63) is 38.4 Å². The molecule has 0 atom stereocenters. The quantitative estimate of drug-likeness (QED) is 0.337. The van der Waals surface area contributed by atoms with E-state index in [1.807, 2.05) is 0 Å². The van der Waals surface area contributed by atoms with Gasteiger partial charge in [-0.05, 0) is 12.5 Å². The molecule has 0 spiro atoms. The summed E-state index contributed by atoms with van der Waals surface area (Å²) >= 11 is 0. The van der Waals surface area contributed by atoms with E-state index in [9.17, 15) is 20.2 Å². The van der Waals surface area contributed by atoms with Crippen LogP contribution in [0.5, 0.6) is 5.75 Å². The first kappa shape index (κ1) is 17.9. The predicted molar refractivity (Wildman–Crippen MR) is 83.2 cm³/mol. The topological polar surface area (TPSA) is 95.5 Å². The van der Waals surface area contributed by atoms with E-state index in [-0.39, 0.29) is 17.1 Å². The summed E-state index contributed by atoms with van der Waals surface area (Å²) in [5.74, 6) is 0.0848. The highest BCUT2D eigenvalue weighted by Gasteiger charge is 2.20. The molecule has 7 heteroatoms. The van der Waals surface area contributed by atoms with E-state index in [0.29, 0.717) is 6.61 Å². The molecule has 7 nitrogen and oxygen atoms in total. The van der Waals surface area contributed by atoms with Gasteiger partial charge in [-0.3, -0.25) is 20.2 Å². The first-order chi connectivity index (χ1) is 10.6. The van der Waals surface area contributed by atoms with E-state index in [1.165, 1.54) is 37.8 Å². The number of rotatable bonds is 11. The van der Waals surface area contributed by atoms with Crippen molar-refractivity contribution in [2.45, 2.75) is 51.9 Å². The van der Waals surface area contributed by atoms with Crippen LogP contribution in [0.25, 0.3) is 0 Å². The standard InChI is InChI=1S/C15H22N2O5/c1-2-3-4-5-6-7-8-11-22-15-10-9-13(16(18)19)12-14(15)17(20)21/h9-10,12H,2-8,11H2,1H3. The predicted octanol–water partition coefficient (Wildman–Crippen LogP) is 4.63. The van der Waals surface area contributed by atoms with Gasteiger partial charge in [-0.25, -0.2) is 0 Å². The summed E-state index contributed by atoms with van der Waals surface area (Å²) in [5.41, 5.74) is -0.674. The lowest BCUT2D eigenvalue weighted by Crippen LogP contribution is -2.01. The highest BCUT2D eigenvalue weighted by Crippen LogP contribution is 2.31. The van der Waals surface area contributed by atoms with Crippen LogP contribution in [0.15, 0.2) is 18.2 Å². The van der Waals surface area contributed by atoms with Gasteiger partial charge in [0.1, 0.15) is 0 Å². The Morgan fingerprint density at radius 1 is 0.955 bits per heavy atom. The summed E-state index contributed by atoms with van der Waals surface area (Å²) in [6.45, 7) is 2.55. The Morgan fingerprint density at radius 2 is 1.59 bits per heavy atom. The molecule has 122 valence electrons. The smallest absolute Gasteiger partial charge is 0.317 e. The van der Waals surface area contributed by atoms with Gasteiger partial charge in [-0.15, -0.1) is 0 Å². The molecule has 1 aromatic rings.